The molecule has 1 saturated carbocycles. The molecular weight excluding hydrogens is 555 g/mol. The van der Waals surface area contributed by atoms with Crippen LogP contribution in [0.1, 0.15) is 31.2 Å². The van der Waals surface area contributed by atoms with Gasteiger partial charge in [-0.1, -0.05) is 30.3 Å². The molecule has 0 aromatic heterocycles. The van der Waals surface area contributed by atoms with Gasteiger partial charge in [0.25, 0.3) is 0 Å². The molecule has 3 fully saturated rings. The number of benzene rings is 2. The van der Waals surface area contributed by atoms with Crippen molar-refractivity contribution < 1.29 is 22.7 Å². The Morgan fingerprint density at radius 3 is 2.30 bits per heavy atom. The summed E-state index contributed by atoms with van der Waals surface area (Å²) in [6.07, 6.45) is 3.34. The van der Waals surface area contributed by atoms with E-state index in [1.165, 1.54) is 11.4 Å². The monoisotopic (exact) mass is 582 g/mol. The molecule has 33 heavy (non-hydrogen) atoms. The molecule has 9 heteroatoms. The number of amides is 1. The highest BCUT2D eigenvalue weighted by molar-refractivity contribution is 14.1. The Hall–Kier alpha value is -1.98. The van der Waals surface area contributed by atoms with E-state index in [9.17, 15) is 18.0 Å². The van der Waals surface area contributed by atoms with Crippen LogP contribution in [0.15, 0.2) is 59.5 Å². The molecule has 2 aromatic carbocycles. The number of nitrogens with one attached hydrogen (secondary N) is 1. The van der Waals surface area contributed by atoms with Gasteiger partial charge in [0, 0.05) is 16.0 Å². The molecule has 5 rings (SSSR count). The first-order valence-electron chi connectivity index (χ1n) is 11.0. The van der Waals surface area contributed by atoms with E-state index in [1.807, 2.05) is 24.3 Å². The van der Waals surface area contributed by atoms with Gasteiger partial charge in [0.2, 0.25) is 15.9 Å². The highest BCUT2D eigenvalue weighted by atomic mass is 127. The second kappa shape index (κ2) is 10.1. The average Bonchev–Trinajstić information content (AvgIpc) is 2.85. The minimum absolute atomic E-state index is 0.0786. The Morgan fingerprint density at radius 2 is 1.70 bits per heavy atom. The summed E-state index contributed by atoms with van der Waals surface area (Å²) in [7, 11) is -2.57. The van der Waals surface area contributed by atoms with Crippen molar-refractivity contribution in [2.75, 3.05) is 7.11 Å². The number of sulfonamides is 1. The van der Waals surface area contributed by atoms with E-state index in [2.05, 4.69) is 27.9 Å². The Balaban J connectivity index is 1.61. The van der Waals surface area contributed by atoms with Crippen LogP contribution in [0.3, 0.4) is 0 Å². The Labute approximate surface area is 208 Å². The molecule has 2 unspecified atom stereocenters. The van der Waals surface area contributed by atoms with E-state index in [-0.39, 0.29) is 23.3 Å². The number of esters is 1. The summed E-state index contributed by atoms with van der Waals surface area (Å²) in [5, 5.41) is 2.82. The van der Waals surface area contributed by atoms with Gasteiger partial charge in [0.1, 0.15) is 12.1 Å². The van der Waals surface area contributed by atoms with Crippen LogP contribution in [0.2, 0.25) is 0 Å². The van der Waals surface area contributed by atoms with Gasteiger partial charge < -0.3 is 10.1 Å². The molecule has 2 bridgehead atoms. The Morgan fingerprint density at radius 1 is 1.06 bits per heavy atom. The summed E-state index contributed by atoms with van der Waals surface area (Å²) in [5.41, 5.74) is 0.880. The molecule has 0 spiro atoms. The number of methoxy groups -OCH3 is 1. The van der Waals surface area contributed by atoms with Gasteiger partial charge in [-0.15, -0.1) is 0 Å². The third kappa shape index (κ3) is 5.09. The molecule has 176 valence electrons. The van der Waals surface area contributed by atoms with Gasteiger partial charge in [-0.3, -0.25) is 4.79 Å². The number of nitrogens with zero attached hydrogens (tertiary/aromatic N) is 1. The number of rotatable bonds is 7. The van der Waals surface area contributed by atoms with Gasteiger partial charge in [0.15, 0.2) is 0 Å². The standard InChI is InChI=1S/C24H27IN2O5S/c1-32-24(29)21(15-16-7-11-18(25)12-8-16)26-23(28)22-17-9-13-19(14-10-17)27(22)33(30,31)20-5-3-2-4-6-20/h2-8,11-12,17,19,21-22H,9-10,13-15H2,1H3,(H,26,28). The van der Waals surface area contributed by atoms with E-state index in [1.54, 1.807) is 30.3 Å². The van der Waals surface area contributed by atoms with Gasteiger partial charge in [-0.05, 0) is 84.0 Å². The van der Waals surface area contributed by atoms with Crippen LogP contribution in [-0.2, 0) is 30.8 Å². The maximum atomic E-state index is 13.5. The number of carbonyl (C=O) groups is 2. The van der Waals surface area contributed by atoms with Gasteiger partial charge in [0.05, 0.1) is 12.0 Å². The van der Waals surface area contributed by atoms with Crippen molar-refractivity contribution in [2.24, 2.45) is 5.92 Å². The normalized spacial score (nSPS) is 23.6. The van der Waals surface area contributed by atoms with Crippen LogP contribution in [0.4, 0.5) is 0 Å². The van der Waals surface area contributed by atoms with E-state index in [4.69, 9.17) is 4.74 Å². The van der Waals surface area contributed by atoms with E-state index < -0.39 is 34.0 Å². The van der Waals surface area contributed by atoms with Crippen molar-refractivity contribution in [3.63, 3.8) is 0 Å². The van der Waals surface area contributed by atoms with Gasteiger partial charge in [-0.25, -0.2) is 13.2 Å². The van der Waals surface area contributed by atoms with Crippen LogP contribution in [0, 0.1) is 9.49 Å². The van der Waals surface area contributed by atoms with E-state index >= 15 is 0 Å². The third-order valence-corrected chi connectivity index (χ3v) is 9.23. The predicted octanol–water partition coefficient (Wildman–Crippen LogP) is 3.12. The summed E-state index contributed by atoms with van der Waals surface area (Å²) in [6, 6.07) is 13.9. The number of carbonyl (C=O) groups excluding carboxylic acids is 2. The highest BCUT2D eigenvalue weighted by Gasteiger charge is 2.51. The lowest BCUT2D eigenvalue weighted by molar-refractivity contribution is -0.146. The fraction of sp³-hybridized carbons (Fsp3) is 0.417. The fourth-order valence-corrected chi connectivity index (χ4v) is 7.22. The maximum absolute atomic E-state index is 13.5. The number of fused-ring (bicyclic) bond motifs is 3. The molecule has 3 aliphatic rings. The lowest BCUT2D eigenvalue weighted by Gasteiger charge is -2.49. The van der Waals surface area contributed by atoms with Crippen molar-refractivity contribution in [3.8, 4) is 0 Å². The number of halogens is 1. The molecule has 7 nitrogen and oxygen atoms in total. The minimum atomic E-state index is -3.86. The minimum Gasteiger partial charge on any atom is -0.467 e. The molecule has 1 N–H and O–H groups in total. The zero-order chi connectivity index (χ0) is 23.6. The summed E-state index contributed by atoms with van der Waals surface area (Å²) in [6.45, 7) is 0. The molecule has 2 saturated heterocycles. The van der Waals surface area contributed by atoms with Crippen molar-refractivity contribution >= 4 is 44.5 Å². The quantitative estimate of drug-likeness (QED) is 0.400. The number of hydrogen-bond donors (Lipinski definition) is 1. The van der Waals surface area contributed by atoms with Crippen LogP contribution in [0.25, 0.3) is 0 Å². The molecule has 0 radical (unpaired) electrons. The first kappa shape index (κ1) is 24.2. The fourth-order valence-electron chi connectivity index (χ4n) is 4.95. The zero-order valence-electron chi connectivity index (χ0n) is 18.3. The Bertz CT molecular complexity index is 1100. The van der Waals surface area contributed by atoms with Crippen molar-refractivity contribution in [1.82, 2.24) is 9.62 Å². The maximum Gasteiger partial charge on any atom is 0.328 e. The molecule has 2 aliphatic heterocycles. The summed E-state index contributed by atoms with van der Waals surface area (Å²) >= 11 is 2.20. The molecule has 2 atom stereocenters. The summed E-state index contributed by atoms with van der Waals surface area (Å²) < 4.78 is 34.5. The third-order valence-electron chi connectivity index (χ3n) is 6.56. The average molecular weight is 582 g/mol. The molecule has 1 amide bonds. The number of ether oxygens (including phenoxy) is 1. The lowest BCUT2D eigenvalue weighted by Crippen LogP contribution is -2.63. The van der Waals surface area contributed by atoms with Crippen molar-refractivity contribution in [2.45, 2.75) is 55.1 Å². The van der Waals surface area contributed by atoms with Crippen LogP contribution in [-0.4, -0.2) is 49.8 Å². The molecule has 2 heterocycles. The molecular formula is C24H27IN2O5S. The van der Waals surface area contributed by atoms with Crippen LogP contribution >= 0.6 is 22.6 Å². The topological polar surface area (TPSA) is 92.8 Å². The molecule has 1 aliphatic carbocycles. The van der Waals surface area contributed by atoms with Crippen molar-refractivity contribution in [1.29, 1.82) is 0 Å². The number of piperidine rings is 2. The van der Waals surface area contributed by atoms with Crippen LogP contribution < -0.4 is 5.32 Å². The first-order valence-corrected chi connectivity index (χ1v) is 13.5. The van der Waals surface area contributed by atoms with E-state index in [0.29, 0.717) is 0 Å². The predicted molar refractivity (Wildman–Crippen MR) is 132 cm³/mol. The first-order chi connectivity index (χ1) is 15.8. The van der Waals surface area contributed by atoms with Crippen LogP contribution in [0.5, 0.6) is 0 Å². The summed E-state index contributed by atoms with van der Waals surface area (Å²) in [5.74, 6) is -1.07. The second-order valence-corrected chi connectivity index (χ2v) is 11.7. The SMILES string of the molecule is COC(=O)C(Cc1ccc(I)cc1)NC(=O)C1C2CCC(CC2)N1S(=O)(=O)c1ccccc1. The van der Waals surface area contributed by atoms with Gasteiger partial charge >= 0.3 is 5.97 Å². The highest BCUT2D eigenvalue weighted by Crippen LogP contribution is 2.42. The van der Waals surface area contributed by atoms with E-state index in [0.717, 1.165) is 34.8 Å². The number of hydrogen-bond acceptors (Lipinski definition) is 5. The largest absolute Gasteiger partial charge is 0.467 e. The van der Waals surface area contributed by atoms with Crippen molar-refractivity contribution in [3.05, 3.63) is 63.7 Å². The van der Waals surface area contributed by atoms with Gasteiger partial charge in [-0.2, -0.15) is 4.31 Å². The Kier molecular flexibility index (Phi) is 7.40. The smallest absolute Gasteiger partial charge is 0.328 e. The summed E-state index contributed by atoms with van der Waals surface area (Å²) in [4.78, 5) is 26.2. The lowest BCUT2D eigenvalue weighted by atomic mass is 9.76. The molecule has 2 aromatic rings. The second-order valence-electron chi connectivity index (χ2n) is 8.58. The zero-order valence-corrected chi connectivity index (χ0v) is 21.3.